The maximum absolute atomic E-state index is 10.9. The van der Waals surface area contributed by atoms with Gasteiger partial charge in [-0.25, -0.2) is 18.5 Å². The van der Waals surface area contributed by atoms with Gasteiger partial charge in [-0.3, -0.25) is 0 Å². The highest BCUT2D eigenvalue weighted by Crippen LogP contribution is 2.42. The predicted octanol–water partition coefficient (Wildman–Crippen LogP) is -0.323. The van der Waals surface area contributed by atoms with Crippen molar-refractivity contribution in [2.75, 3.05) is 0 Å². The van der Waals surface area contributed by atoms with E-state index in [1.54, 1.807) is 6.07 Å². The van der Waals surface area contributed by atoms with Crippen molar-refractivity contribution in [3.8, 4) is 0 Å². The van der Waals surface area contributed by atoms with Gasteiger partial charge in [0.1, 0.15) is 0 Å². The van der Waals surface area contributed by atoms with E-state index in [2.05, 4.69) is 4.98 Å². The summed E-state index contributed by atoms with van der Waals surface area (Å²) in [4.78, 5) is 3.76. The molecule has 0 atom stereocenters. The van der Waals surface area contributed by atoms with E-state index in [9.17, 15) is 8.42 Å². The van der Waals surface area contributed by atoms with Crippen molar-refractivity contribution < 1.29 is 8.42 Å². The minimum atomic E-state index is -3.70. The van der Waals surface area contributed by atoms with E-state index in [4.69, 9.17) is 10.9 Å². The molecule has 0 saturated heterocycles. The average molecular weight is 213 g/mol. The van der Waals surface area contributed by atoms with Crippen molar-refractivity contribution >= 4 is 10.0 Å². The molecule has 1 aliphatic rings. The Bertz CT molecular complexity index is 448. The zero-order chi connectivity index (χ0) is 10.4. The Balaban J connectivity index is 2.36. The van der Waals surface area contributed by atoms with Crippen LogP contribution >= 0.6 is 0 Å². The van der Waals surface area contributed by atoms with Gasteiger partial charge < -0.3 is 5.73 Å². The maximum Gasteiger partial charge on any atom is 0.255 e. The monoisotopic (exact) mass is 213 g/mol. The lowest BCUT2D eigenvalue weighted by atomic mass is 10.1. The molecule has 14 heavy (non-hydrogen) atoms. The third kappa shape index (κ3) is 1.63. The number of nitrogens with two attached hydrogens (primary N) is 2. The molecule has 0 aromatic carbocycles. The molecule has 1 saturated carbocycles. The highest BCUT2D eigenvalue weighted by Gasteiger charge is 2.40. The molecule has 0 amide bonds. The summed E-state index contributed by atoms with van der Waals surface area (Å²) in [5, 5.41) is 4.79. The second-order valence-corrected chi connectivity index (χ2v) is 5.09. The Hall–Kier alpha value is -0.980. The minimum absolute atomic E-state index is 0.120. The van der Waals surface area contributed by atoms with Crippen LogP contribution < -0.4 is 10.9 Å². The highest BCUT2D eigenvalue weighted by molar-refractivity contribution is 7.89. The summed E-state index contributed by atoms with van der Waals surface area (Å²) < 4.78 is 21.8. The molecule has 0 unspecified atom stereocenters. The van der Waals surface area contributed by atoms with Crippen LogP contribution in [-0.2, 0) is 15.6 Å². The first-order valence-electron chi connectivity index (χ1n) is 4.20. The van der Waals surface area contributed by atoms with Crippen LogP contribution in [0.4, 0.5) is 0 Å². The van der Waals surface area contributed by atoms with Crippen LogP contribution in [0.2, 0.25) is 0 Å². The van der Waals surface area contributed by atoms with Gasteiger partial charge in [0.05, 0.1) is 0 Å². The fraction of sp³-hybridized carbons (Fsp3) is 0.375. The van der Waals surface area contributed by atoms with Gasteiger partial charge >= 0.3 is 0 Å². The molecule has 0 radical (unpaired) electrons. The number of hydrogen-bond donors (Lipinski definition) is 2. The van der Waals surface area contributed by atoms with Crippen LogP contribution in [0.25, 0.3) is 0 Å². The summed E-state index contributed by atoms with van der Waals surface area (Å²) >= 11 is 0. The average Bonchev–Trinajstić information content (AvgIpc) is 2.84. The van der Waals surface area contributed by atoms with Crippen molar-refractivity contribution in [3.63, 3.8) is 0 Å². The van der Waals surface area contributed by atoms with Crippen molar-refractivity contribution in [2.45, 2.75) is 23.4 Å². The topological polar surface area (TPSA) is 99.1 Å². The molecule has 1 aromatic rings. The Labute approximate surface area is 82.2 Å². The van der Waals surface area contributed by atoms with Crippen LogP contribution in [0.3, 0.4) is 0 Å². The van der Waals surface area contributed by atoms with E-state index in [0.29, 0.717) is 0 Å². The number of hydrogen-bond acceptors (Lipinski definition) is 4. The molecule has 0 aliphatic heterocycles. The molecule has 1 fully saturated rings. The lowest BCUT2D eigenvalue weighted by Gasteiger charge is -2.07. The van der Waals surface area contributed by atoms with E-state index in [1.807, 2.05) is 0 Å². The second kappa shape index (κ2) is 2.75. The largest absolute Gasteiger partial charge is 0.321 e. The van der Waals surface area contributed by atoms with Gasteiger partial charge in [0, 0.05) is 11.7 Å². The fourth-order valence-electron chi connectivity index (χ4n) is 1.27. The Morgan fingerprint density at radius 2 is 2.00 bits per heavy atom. The van der Waals surface area contributed by atoms with Crippen molar-refractivity contribution in [2.24, 2.45) is 10.9 Å². The van der Waals surface area contributed by atoms with Gasteiger partial charge in [-0.05, 0) is 24.5 Å². The summed E-state index contributed by atoms with van der Waals surface area (Å²) in [6.45, 7) is 0. The molecule has 1 aromatic heterocycles. The smallest absolute Gasteiger partial charge is 0.255 e. The highest BCUT2D eigenvalue weighted by atomic mass is 32.2. The molecular formula is C8H11N3O2S. The molecule has 6 heteroatoms. The summed E-state index contributed by atoms with van der Waals surface area (Å²) in [6, 6.07) is 3.05. The molecule has 5 nitrogen and oxygen atoms in total. The van der Waals surface area contributed by atoms with Gasteiger partial charge in [0.15, 0.2) is 5.03 Å². The van der Waals surface area contributed by atoms with Crippen LogP contribution in [0.1, 0.15) is 18.4 Å². The first-order valence-corrected chi connectivity index (χ1v) is 5.75. The van der Waals surface area contributed by atoms with Gasteiger partial charge in [0.25, 0.3) is 10.0 Å². The van der Waals surface area contributed by atoms with Crippen LogP contribution in [0, 0.1) is 0 Å². The molecule has 4 N–H and O–H groups in total. The van der Waals surface area contributed by atoms with Gasteiger partial charge in [-0.1, -0.05) is 6.07 Å². The molecule has 1 heterocycles. The number of pyridine rings is 1. The van der Waals surface area contributed by atoms with E-state index < -0.39 is 10.0 Å². The minimum Gasteiger partial charge on any atom is -0.321 e. The zero-order valence-electron chi connectivity index (χ0n) is 7.47. The van der Waals surface area contributed by atoms with E-state index >= 15 is 0 Å². The van der Waals surface area contributed by atoms with Crippen LogP contribution in [0.15, 0.2) is 23.4 Å². The number of aromatic nitrogens is 1. The number of nitrogens with zero attached hydrogens (tertiary/aromatic N) is 1. The SMILES string of the molecule is NC1(c2ccc(S(N)(=O)=O)nc2)CC1. The third-order valence-electron chi connectivity index (χ3n) is 2.39. The van der Waals surface area contributed by atoms with E-state index in [1.165, 1.54) is 12.3 Å². The molecule has 2 rings (SSSR count). The van der Waals surface area contributed by atoms with Gasteiger partial charge in [-0.2, -0.15) is 0 Å². The maximum atomic E-state index is 10.9. The third-order valence-corrected chi connectivity index (χ3v) is 3.22. The number of rotatable bonds is 2. The lowest BCUT2D eigenvalue weighted by Crippen LogP contribution is -2.20. The molecule has 76 valence electrons. The van der Waals surface area contributed by atoms with Gasteiger partial charge in [0.2, 0.25) is 0 Å². The summed E-state index contributed by atoms with van der Waals surface area (Å²) in [5.41, 5.74) is 6.48. The Kier molecular flexibility index (Phi) is 1.88. The van der Waals surface area contributed by atoms with Crippen molar-refractivity contribution in [3.05, 3.63) is 23.9 Å². The second-order valence-electron chi connectivity index (χ2n) is 3.59. The first-order chi connectivity index (χ1) is 6.42. The van der Waals surface area contributed by atoms with E-state index in [0.717, 1.165) is 18.4 Å². The summed E-state index contributed by atoms with van der Waals surface area (Å²) in [7, 11) is -3.70. The normalized spacial score (nSPS) is 19.3. The van der Waals surface area contributed by atoms with Crippen LogP contribution in [-0.4, -0.2) is 13.4 Å². The Morgan fingerprint density at radius 3 is 2.36 bits per heavy atom. The molecule has 1 aliphatic carbocycles. The predicted molar refractivity (Wildman–Crippen MR) is 50.7 cm³/mol. The number of sulfonamides is 1. The molecule has 0 bridgehead atoms. The zero-order valence-corrected chi connectivity index (χ0v) is 8.29. The first kappa shape index (κ1) is 9.57. The number of primary sulfonamides is 1. The summed E-state index contributed by atoms with van der Waals surface area (Å²) in [6.07, 6.45) is 3.32. The quantitative estimate of drug-likeness (QED) is 0.703. The van der Waals surface area contributed by atoms with Crippen molar-refractivity contribution in [1.29, 1.82) is 0 Å². The van der Waals surface area contributed by atoms with Crippen molar-refractivity contribution in [1.82, 2.24) is 4.98 Å². The summed E-state index contributed by atoms with van der Waals surface area (Å²) in [5.74, 6) is 0. The van der Waals surface area contributed by atoms with Gasteiger partial charge in [-0.15, -0.1) is 0 Å². The lowest BCUT2D eigenvalue weighted by molar-refractivity contribution is 0.593. The molecule has 0 spiro atoms. The Morgan fingerprint density at radius 1 is 1.36 bits per heavy atom. The van der Waals surface area contributed by atoms with Crippen LogP contribution in [0.5, 0.6) is 0 Å². The fourth-order valence-corrected chi connectivity index (χ4v) is 1.72. The van der Waals surface area contributed by atoms with E-state index in [-0.39, 0.29) is 10.6 Å². The molecular weight excluding hydrogens is 202 g/mol. The standard InChI is InChI=1S/C8H11N3O2S/c9-8(3-4-8)6-1-2-7(11-5-6)14(10,12)13/h1-2,5H,3-4,9H2,(H2,10,12,13).